The van der Waals surface area contributed by atoms with Gasteiger partial charge in [-0.1, -0.05) is 60.2 Å². The van der Waals surface area contributed by atoms with Crippen LogP contribution in [0.1, 0.15) is 16.7 Å². The van der Waals surface area contributed by atoms with E-state index in [-0.39, 0.29) is 0 Å². The van der Waals surface area contributed by atoms with Crippen molar-refractivity contribution in [2.24, 2.45) is 9.98 Å². The number of rotatable bonds is 4. The highest BCUT2D eigenvalue weighted by atomic mass is 16.1. The van der Waals surface area contributed by atoms with Crippen LogP contribution in [0.3, 0.4) is 0 Å². The average Bonchev–Trinajstić information content (AvgIpc) is 2.53. The van der Waals surface area contributed by atoms with Gasteiger partial charge in [0.1, 0.15) is 0 Å². The van der Waals surface area contributed by atoms with E-state index in [1.165, 1.54) is 17.7 Å². The van der Waals surface area contributed by atoms with E-state index in [4.69, 9.17) is 0 Å². The first-order chi connectivity index (χ1) is 10.3. The van der Waals surface area contributed by atoms with Gasteiger partial charge in [-0.15, -0.1) is 0 Å². The molecule has 0 atom stereocenters. The summed E-state index contributed by atoms with van der Waals surface area (Å²) in [5.74, 6) is 0. The van der Waals surface area contributed by atoms with Crippen molar-refractivity contribution in [3.05, 3.63) is 71.3 Å². The first kappa shape index (κ1) is 16.3. The summed E-state index contributed by atoms with van der Waals surface area (Å²) in [5.41, 5.74) is 3.11. The molecule has 2 aromatic carbocycles. The predicted octanol–water partition coefficient (Wildman–Crippen LogP) is 3.35. The van der Waals surface area contributed by atoms with Crippen LogP contribution in [-0.4, -0.2) is 12.2 Å². The molecule has 0 aliphatic heterocycles. The van der Waals surface area contributed by atoms with E-state index in [0.29, 0.717) is 13.1 Å². The molecule has 0 spiro atoms. The Labute approximate surface area is 123 Å². The van der Waals surface area contributed by atoms with Crippen molar-refractivity contribution in [1.29, 1.82) is 0 Å². The fourth-order valence-corrected chi connectivity index (χ4v) is 1.61. The summed E-state index contributed by atoms with van der Waals surface area (Å²) in [4.78, 5) is 26.6. The third-order valence-corrected chi connectivity index (χ3v) is 2.58. The van der Waals surface area contributed by atoms with Gasteiger partial charge in [0.2, 0.25) is 12.2 Å². The number of aryl methyl sites for hydroxylation is 1. The van der Waals surface area contributed by atoms with E-state index >= 15 is 0 Å². The first-order valence-electron chi connectivity index (χ1n) is 6.43. The van der Waals surface area contributed by atoms with Gasteiger partial charge in [-0.25, -0.2) is 19.6 Å². The summed E-state index contributed by atoms with van der Waals surface area (Å²) >= 11 is 0. The summed E-state index contributed by atoms with van der Waals surface area (Å²) in [5, 5.41) is 0. The van der Waals surface area contributed by atoms with Gasteiger partial charge >= 0.3 is 0 Å². The summed E-state index contributed by atoms with van der Waals surface area (Å²) in [7, 11) is 0. The molecule has 0 radical (unpaired) electrons. The molecule has 4 nitrogen and oxygen atoms in total. The Morgan fingerprint density at radius 3 is 1.71 bits per heavy atom. The zero-order valence-electron chi connectivity index (χ0n) is 11.8. The maximum Gasteiger partial charge on any atom is 0.235 e. The average molecular weight is 280 g/mol. The third kappa shape index (κ3) is 7.38. The number of isocyanates is 2. The second-order valence-electron chi connectivity index (χ2n) is 4.29. The largest absolute Gasteiger partial charge is 0.235 e. The SMILES string of the molecule is Cc1ccccc1.O=C=NCc1cccc(CN=C=O)c1. The summed E-state index contributed by atoms with van der Waals surface area (Å²) in [6, 6.07) is 17.6. The Balaban J connectivity index is 0.000000262. The molecule has 106 valence electrons. The lowest BCUT2D eigenvalue weighted by Crippen LogP contribution is -1.85. The lowest BCUT2D eigenvalue weighted by Gasteiger charge is -1.98. The van der Waals surface area contributed by atoms with Gasteiger partial charge in [0.25, 0.3) is 0 Å². The maximum atomic E-state index is 9.87. The van der Waals surface area contributed by atoms with Crippen LogP contribution in [0, 0.1) is 6.92 Å². The normalized spacial score (nSPS) is 8.62. The zero-order valence-corrected chi connectivity index (χ0v) is 11.8. The van der Waals surface area contributed by atoms with Crippen LogP contribution >= 0.6 is 0 Å². The van der Waals surface area contributed by atoms with E-state index in [9.17, 15) is 9.59 Å². The Morgan fingerprint density at radius 1 is 0.810 bits per heavy atom. The monoisotopic (exact) mass is 280 g/mol. The highest BCUT2D eigenvalue weighted by molar-refractivity contribution is 5.35. The van der Waals surface area contributed by atoms with Gasteiger partial charge in [0.05, 0.1) is 13.1 Å². The second kappa shape index (κ2) is 10.0. The number of hydrogen-bond donors (Lipinski definition) is 0. The highest BCUT2D eigenvalue weighted by Gasteiger charge is 1.94. The number of carbonyl (C=O) groups excluding carboxylic acids is 2. The van der Waals surface area contributed by atoms with E-state index in [2.05, 4.69) is 29.0 Å². The fraction of sp³-hybridized carbons (Fsp3) is 0.176. The molecule has 0 bridgehead atoms. The lowest BCUT2D eigenvalue weighted by atomic mass is 10.1. The number of nitrogens with zero attached hydrogens (tertiary/aromatic N) is 2. The van der Waals surface area contributed by atoms with Gasteiger partial charge in [-0.05, 0) is 18.1 Å². The van der Waals surface area contributed by atoms with Crippen molar-refractivity contribution in [3.8, 4) is 0 Å². The zero-order chi connectivity index (χ0) is 15.3. The molecule has 0 amide bonds. The molecule has 0 unspecified atom stereocenters. The quantitative estimate of drug-likeness (QED) is 0.637. The summed E-state index contributed by atoms with van der Waals surface area (Å²) in [6.07, 6.45) is 2.94. The van der Waals surface area contributed by atoms with Crippen LogP contribution in [0.25, 0.3) is 0 Å². The minimum Gasteiger partial charge on any atom is -0.211 e. The summed E-state index contributed by atoms with van der Waals surface area (Å²) in [6.45, 7) is 2.70. The van der Waals surface area contributed by atoms with Crippen LogP contribution in [0.15, 0.2) is 64.6 Å². The Bertz CT molecular complexity index is 606. The minimum atomic E-state index is 0.308. The van der Waals surface area contributed by atoms with E-state index in [0.717, 1.165) is 11.1 Å². The standard InChI is InChI=1S/C10H8N2O2.C7H8/c13-7-11-5-9-2-1-3-10(4-9)6-12-8-14;1-7-5-3-2-4-6-7/h1-4H,5-6H2;2-6H,1H3. The molecule has 0 aliphatic carbocycles. The van der Waals surface area contributed by atoms with E-state index in [1.807, 2.05) is 42.5 Å². The van der Waals surface area contributed by atoms with Gasteiger partial charge in [0, 0.05) is 0 Å². The van der Waals surface area contributed by atoms with Gasteiger partial charge in [0.15, 0.2) is 0 Å². The molecule has 21 heavy (non-hydrogen) atoms. The molecule has 4 heteroatoms. The van der Waals surface area contributed by atoms with Crippen molar-refractivity contribution in [1.82, 2.24) is 0 Å². The van der Waals surface area contributed by atoms with Crippen LogP contribution in [0.4, 0.5) is 0 Å². The Morgan fingerprint density at radius 2 is 1.33 bits per heavy atom. The van der Waals surface area contributed by atoms with Crippen LogP contribution in [-0.2, 0) is 22.7 Å². The molecule has 2 rings (SSSR count). The van der Waals surface area contributed by atoms with Crippen molar-refractivity contribution < 1.29 is 9.59 Å². The molecule has 0 heterocycles. The van der Waals surface area contributed by atoms with Gasteiger partial charge < -0.3 is 0 Å². The molecule has 0 aromatic heterocycles. The first-order valence-corrected chi connectivity index (χ1v) is 6.43. The predicted molar refractivity (Wildman–Crippen MR) is 81.3 cm³/mol. The van der Waals surface area contributed by atoms with Crippen molar-refractivity contribution in [2.75, 3.05) is 0 Å². The molecule has 0 aliphatic rings. The molecular weight excluding hydrogens is 264 g/mol. The number of aliphatic imine (C=N–C) groups is 2. The topological polar surface area (TPSA) is 58.9 Å². The van der Waals surface area contributed by atoms with E-state index < -0.39 is 0 Å². The van der Waals surface area contributed by atoms with E-state index in [1.54, 1.807) is 0 Å². The minimum absolute atomic E-state index is 0.308. The maximum absolute atomic E-state index is 9.87. The van der Waals surface area contributed by atoms with Crippen molar-refractivity contribution in [2.45, 2.75) is 20.0 Å². The fourth-order valence-electron chi connectivity index (χ4n) is 1.61. The smallest absolute Gasteiger partial charge is 0.211 e. The van der Waals surface area contributed by atoms with Crippen molar-refractivity contribution in [3.63, 3.8) is 0 Å². The molecule has 0 saturated heterocycles. The van der Waals surface area contributed by atoms with Crippen molar-refractivity contribution >= 4 is 12.2 Å². The summed E-state index contributed by atoms with van der Waals surface area (Å²) < 4.78 is 0. The van der Waals surface area contributed by atoms with Gasteiger partial charge in [-0.2, -0.15) is 0 Å². The Kier molecular flexibility index (Phi) is 7.77. The second-order valence-corrected chi connectivity index (χ2v) is 4.29. The Hall–Kier alpha value is -2.80. The van der Waals surface area contributed by atoms with Crippen LogP contribution < -0.4 is 0 Å². The molecule has 0 saturated carbocycles. The third-order valence-electron chi connectivity index (χ3n) is 2.58. The van der Waals surface area contributed by atoms with Crippen LogP contribution in [0.5, 0.6) is 0 Å². The van der Waals surface area contributed by atoms with Gasteiger partial charge in [-0.3, -0.25) is 0 Å². The molecular formula is C17H16N2O2. The molecule has 0 fully saturated rings. The highest BCUT2D eigenvalue weighted by Crippen LogP contribution is 2.07. The number of hydrogen-bond acceptors (Lipinski definition) is 4. The van der Waals surface area contributed by atoms with Crippen LogP contribution in [0.2, 0.25) is 0 Å². The number of benzene rings is 2. The molecule has 0 N–H and O–H groups in total. The lowest BCUT2D eigenvalue weighted by molar-refractivity contribution is 0.562. The molecule has 2 aromatic rings.